The van der Waals surface area contributed by atoms with Crippen molar-refractivity contribution in [3.63, 3.8) is 0 Å². The molecule has 0 saturated carbocycles. The van der Waals surface area contributed by atoms with Gasteiger partial charge in [-0.3, -0.25) is 9.36 Å². The minimum absolute atomic E-state index is 0.0179. The highest BCUT2D eigenvalue weighted by Gasteiger charge is 2.32. The van der Waals surface area contributed by atoms with Gasteiger partial charge in [0, 0.05) is 28.1 Å². The van der Waals surface area contributed by atoms with E-state index in [9.17, 15) is 4.79 Å². The predicted molar refractivity (Wildman–Crippen MR) is 101 cm³/mol. The van der Waals surface area contributed by atoms with E-state index in [2.05, 4.69) is 29.4 Å². The Hall–Kier alpha value is -1.34. The van der Waals surface area contributed by atoms with Crippen LogP contribution in [-0.2, 0) is 19.2 Å². The molecule has 1 aliphatic rings. The van der Waals surface area contributed by atoms with E-state index in [1.54, 1.807) is 23.0 Å². The van der Waals surface area contributed by atoms with Gasteiger partial charge in [0.15, 0.2) is 0 Å². The van der Waals surface area contributed by atoms with E-state index in [0.717, 1.165) is 34.5 Å². The fourth-order valence-corrected chi connectivity index (χ4v) is 5.18. The second kappa shape index (κ2) is 5.94. The van der Waals surface area contributed by atoms with Crippen LogP contribution < -0.4 is 11.0 Å². The summed E-state index contributed by atoms with van der Waals surface area (Å²) in [5, 5.41) is 4.97. The second-order valence-corrected chi connectivity index (χ2v) is 9.07. The van der Waals surface area contributed by atoms with Gasteiger partial charge in [0.1, 0.15) is 4.83 Å². The zero-order chi connectivity index (χ0) is 16.8. The molecule has 0 unspecified atom stereocenters. The molecule has 23 heavy (non-hydrogen) atoms. The number of thioether (sulfide) groups is 1. The van der Waals surface area contributed by atoms with Crippen LogP contribution in [0, 0.1) is 0 Å². The van der Waals surface area contributed by atoms with Crippen LogP contribution in [0.3, 0.4) is 0 Å². The van der Waals surface area contributed by atoms with Gasteiger partial charge in [-0.2, -0.15) is 5.10 Å². The first-order chi connectivity index (χ1) is 10.8. The van der Waals surface area contributed by atoms with E-state index in [4.69, 9.17) is 0 Å². The molecule has 3 heterocycles. The standard InChI is InChI=1S/C16H22N4OS2/c1-6-16(4)7-10-11(8-22-16)23-13-12(10)14(21)20(5)15(17-13)19-18-9(2)3/h6-8H2,1-5H3,(H,17,19)/t16-/m1/s1. The number of nitrogens with one attached hydrogen (secondary N) is 1. The number of thiophene rings is 1. The summed E-state index contributed by atoms with van der Waals surface area (Å²) >= 11 is 3.64. The molecule has 3 rings (SSSR count). The van der Waals surface area contributed by atoms with Crippen LogP contribution in [0.25, 0.3) is 10.2 Å². The molecule has 0 amide bonds. The maximum Gasteiger partial charge on any atom is 0.263 e. The van der Waals surface area contributed by atoms with Gasteiger partial charge in [0.2, 0.25) is 5.95 Å². The first-order valence-corrected chi connectivity index (χ1v) is 9.57. The lowest BCUT2D eigenvalue weighted by Gasteiger charge is -2.31. The topological polar surface area (TPSA) is 59.3 Å². The van der Waals surface area contributed by atoms with E-state index >= 15 is 0 Å². The Morgan fingerprint density at radius 3 is 2.87 bits per heavy atom. The normalized spacial score (nSPS) is 20.4. The summed E-state index contributed by atoms with van der Waals surface area (Å²) in [4.78, 5) is 19.6. The molecule has 0 bridgehead atoms. The molecule has 0 fully saturated rings. The van der Waals surface area contributed by atoms with Crippen LogP contribution in [0.1, 0.15) is 44.6 Å². The SMILES string of the molecule is CC[C@]1(C)Cc2c(sc3nc(NN=C(C)C)n(C)c(=O)c23)CS1. The van der Waals surface area contributed by atoms with Crippen molar-refractivity contribution in [2.45, 2.75) is 51.0 Å². The lowest BCUT2D eigenvalue weighted by molar-refractivity contribution is 0.610. The highest BCUT2D eigenvalue weighted by Crippen LogP contribution is 2.45. The van der Waals surface area contributed by atoms with E-state index in [-0.39, 0.29) is 10.3 Å². The fourth-order valence-electron chi connectivity index (χ4n) is 2.69. The molecule has 2 aromatic rings. The summed E-state index contributed by atoms with van der Waals surface area (Å²) in [6.07, 6.45) is 2.05. The molecular weight excluding hydrogens is 328 g/mol. The molecule has 0 aromatic carbocycles. The minimum Gasteiger partial charge on any atom is -0.280 e. The first kappa shape index (κ1) is 16.5. The number of fused-ring (bicyclic) bond motifs is 3. The molecule has 0 radical (unpaired) electrons. The van der Waals surface area contributed by atoms with Crippen molar-refractivity contribution in [2.75, 3.05) is 5.43 Å². The van der Waals surface area contributed by atoms with Crippen molar-refractivity contribution < 1.29 is 0 Å². The second-order valence-electron chi connectivity index (χ2n) is 6.42. The molecule has 1 N–H and O–H groups in total. The van der Waals surface area contributed by atoms with Gasteiger partial charge in [-0.25, -0.2) is 10.4 Å². The largest absolute Gasteiger partial charge is 0.280 e. The quantitative estimate of drug-likeness (QED) is 0.676. The van der Waals surface area contributed by atoms with Crippen LogP contribution in [0.2, 0.25) is 0 Å². The molecule has 1 atom stereocenters. The predicted octanol–water partition coefficient (Wildman–Crippen LogP) is 3.76. The van der Waals surface area contributed by atoms with Crippen molar-refractivity contribution in [3.05, 3.63) is 20.8 Å². The van der Waals surface area contributed by atoms with Crippen LogP contribution in [0.5, 0.6) is 0 Å². The molecule has 2 aromatic heterocycles. The summed E-state index contributed by atoms with van der Waals surface area (Å²) < 4.78 is 1.78. The minimum atomic E-state index is 0.0179. The van der Waals surface area contributed by atoms with Gasteiger partial charge >= 0.3 is 0 Å². The molecule has 124 valence electrons. The molecule has 0 spiro atoms. The molecular formula is C16H22N4OS2. The fraction of sp³-hybridized carbons (Fsp3) is 0.562. The number of anilines is 1. The van der Waals surface area contributed by atoms with Crippen molar-refractivity contribution >= 4 is 45.0 Å². The zero-order valence-corrected chi connectivity index (χ0v) is 15.8. The van der Waals surface area contributed by atoms with Gasteiger partial charge in [0.05, 0.1) is 5.39 Å². The van der Waals surface area contributed by atoms with Gasteiger partial charge in [-0.1, -0.05) is 13.8 Å². The number of aromatic nitrogens is 2. The average Bonchev–Trinajstić information content (AvgIpc) is 2.86. The smallest absolute Gasteiger partial charge is 0.263 e. The van der Waals surface area contributed by atoms with E-state index < -0.39 is 0 Å². The average molecular weight is 351 g/mol. The Morgan fingerprint density at radius 2 is 2.22 bits per heavy atom. The molecule has 7 heteroatoms. The van der Waals surface area contributed by atoms with Crippen LogP contribution >= 0.6 is 23.1 Å². The van der Waals surface area contributed by atoms with Crippen LogP contribution in [0.4, 0.5) is 5.95 Å². The molecule has 1 aliphatic heterocycles. The maximum atomic E-state index is 12.9. The summed E-state index contributed by atoms with van der Waals surface area (Å²) in [5.74, 6) is 1.46. The Morgan fingerprint density at radius 1 is 1.48 bits per heavy atom. The summed E-state index contributed by atoms with van der Waals surface area (Å²) in [5.41, 5.74) is 5.01. The third-order valence-corrected chi connectivity index (χ3v) is 7.22. The van der Waals surface area contributed by atoms with Crippen LogP contribution in [-0.4, -0.2) is 20.0 Å². The van der Waals surface area contributed by atoms with E-state index in [0.29, 0.717) is 5.95 Å². The summed E-state index contributed by atoms with van der Waals surface area (Å²) in [7, 11) is 1.75. The van der Waals surface area contributed by atoms with E-state index in [1.807, 2.05) is 25.6 Å². The van der Waals surface area contributed by atoms with Gasteiger partial charge in [-0.05, 0) is 32.3 Å². The van der Waals surface area contributed by atoms with E-state index in [1.165, 1.54) is 10.4 Å². The highest BCUT2D eigenvalue weighted by molar-refractivity contribution is 8.00. The third-order valence-electron chi connectivity index (χ3n) is 4.35. The van der Waals surface area contributed by atoms with Crippen molar-refractivity contribution in [2.24, 2.45) is 12.1 Å². The van der Waals surface area contributed by atoms with Crippen molar-refractivity contribution in [1.29, 1.82) is 0 Å². The number of hydrogen-bond acceptors (Lipinski definition) is 6. The lowest BCUT2D eigenvalue weighted by atomic mass is 9.96. The van der Waals surface area contributed by atoms with Gasteiger partial charge in [0.25, 0.3) is 5.56 Å². The first-order valence-electron chi connectivity index (χ1n) is 7.77. The third kappa shape index (κ3) is 2.92. The number of nitrogens with zero attached hydrogens (tertiary/aromatic N) is 3. The number of hydrazone groups is 1. The van der Waals surface area contributed by atoms with Crippen molar-refractivity contribution in [1.82, 2.24) is 9.55 Å². The summed E-state index contributed by atoms with van der Waals surface area (Å²) in [6.45, 7) is 8.30. The zero-order valence-electron chi connectivity index (χ0n) is 14.2. The lowest BCUT2D eigenvalue weighted by Crippen LogP contribution is -2.28. The molecule has 5 nitrogen and oxygen atoms in total. The van der Waals surface area contributed by atoms with Crippen molar-refractivity contribution in [3.8, 4) is 0 Å². The summed E-state index contributed by atoms with van der Waals surface area (Å²) in [6, 6.07) is 0. The monoisotopic (exact) mass is 350 g/mol. The maximum absolute atomic E-state index is 12.9. The Balaban J connectivity index is 2.15. The van der Waals surface area contributed by atoms with Gasteiger partial charge < -0.3 is 0 Å². The number of hydrogen-bond donors (Lipinski definition) is 1. The highest BCUT2D eigenvalue weighted by atomic mass is 32.2. The molecule has 0 saturated heterocycles. The van der Waals surface area contributed by atoms with Gasteiger partial charge in [-0.15, -0.1) is 23.1 Å². The Labute approximate surface area is 144 Å². The Kier molecular flexibility index (Phi) is 4.27. The molecule has 0 aliphatic carbocycles. The van der Waals surface area contributed by atoms with Crippen LogP contribution in [0.15, 0.2) is 9.90 Å². The Bertz CT molecular complexity index is 848. The number of rotatable bonds is 3.